The van der Waals surface area contributed by atoms with Gasteiger partial charge in [-0.25, -0.2) is 9.59 Å². The number of Topliss-reactive ketones (excluding diaryl/α,β-unsaturated/α-hetero) is 3. The summed E-state index contributed by atoms with van der Waals surface area (Å²) in [6, 6.07) is 7.82. The van der Waals surface area contributed by atoms with Crippen molar-refractivity contribution in [3.8, 4) is 57.1 Å². The van der Waals surface area contributed by atoms with E-state index in [1.807, 2.05) is 13.8 Å². The van der Waals surface area contributed by atoms with Crippen LogP contribution >= 0.6 is 23.2 Å². The number of primary amides is 2. The highest BCUT2D eigenvalue weighted by molar-refractivity contribution is 6.32. The predicted molar refractivity (Wildman–Crippen MR) is 504 cm³/mol. The fourth-order valence-electron chi connectivity index (χ4n) is 18.0. The summed E-state index contributed by atoms with van der Waals surface area (Å²) in [6.07, 6.45) is -21.3. The molecule has 8 aliphatic heterocycles. The number of halogens is 2. The van der Waals surface area contributed by atoms with E-state index in [-0.39, 0.29) is 67.8 Å². The maximum atomic E-state index is 16.4. The Balaban J connectivity index is 0.880. The highest BCUT2D eigenvalue weighted by Gasteiger charge is 2.54. The lowest BCUT2D eigenvalue weighted by Gasteiger charge is -2.47. The highest BCUT2D eigenvalue weighted by atomic mass is 35.5. The quantitative estimate of drug-likeness (QED) is 0.0150. The lowest BCUT2D eigenvalue weighted by Crippen LogP contribution is -2.63. The summed E-state index contributed by atoms with van der Waals surface area (Å²) in [5.41, 5.74) is 7.31. The summed E-state index contributed by atoms with van der Waals surface area (Å²) < 4.78 is 44.4. The first kappa shape index (κ1) is 109. The van der Waals surface area contributed by atoms with Gasteiger partial charge in [0.15, 0.2) is 53.6 Å². The number of aliphatic carboxylic acids is 1. The Morgan fingerprint density at radius 3 is 1.92 bits per heavy atom. The SMILES string of the molecule is CC[C@H](CC(C)C)C(=O)N[C@H]1C(=O)C[C@@H](CC(N)=O)C(=O)N[C@H]2C(=O)C[C@H]3C(=O)N[C@H](C(=O)N[C@@H](C(=O)O)c4cc(O)cc(O)c4-c4cc3ccc4O)[C@H](O)c3ccc(c(Cl)c3)Oc3cc2cc(c3O[C@H]2O[C@@H](CO)[C@H](O)[C@@H](O)[C@@H]2OC2C[C@](C)(CC(=O)OCc3ccc(CC(=O)[C@H](CCCNC(N)=O)NC(=O)[C@@H](NC(=O)CCCCCN4C(=O)C=CC4=O)C(C)C)cc3)[C@H](O)[C@H](O)O2)Oc2ccc(cc2Cl)[C@H]1O. The van der Waals surface area contributed by atoms with Crippen LogP contribution in [0.3, 0.4) is 0 Å². The van der Waals surface area contributed by atoms with E-state index in [9.17, 15) is 104 Å². The number of hydrogen-bond donors (Lipinski definition) is 20. The number of unbranched alkanes of at least 4 members (excludes halogenated alkanes) is 2. The average Bonchev–Trinajstić information content (AvgIpc) is 1.08. The number of aromatic hydroxyl groups is 3. The van der Waals surface area contributed by atoms with E-state index >= 15 is 24.0 Å². The average molecular weight is 2040 g/mol. The number of nitrogens with one attached hydrogen (secondary N) is 7. The number of phenolic OH excluding ortho intramolecular Hbond substituents is 3. The largest absolute Gasteiger partial charge is 0.508 e. The number of carbonyl (C=O) groups excluding carboxylic acids is 14. The Morgan fingerprint density at radius 2 is 1.31 bits per heavy atom. The van der Waals surface area contributed by atoms with E-state index in [1.165, 1.54) is 31.2 Å². The minimum Gasteiger partial charge on any atom is -0.508 e. The molecule has 1 unspecified atom stereocenters. The second-order valence-corrected chi connectivity index (χ2v) is 38.3. The van der Waals surface area contributed by atoms with E-state index in [0.29, 0.717) is 36.8 Å². The monoisotopic (exact) mass is 2040 g/mol. The standard InChI is InChI=1S/C99H116Cl2N10O33/c1-7-48(28-44(2)3)90(129)109-81-64(117)33-53(36-71(102)119)91(130)107-79-52-34-68(139-66-22-19-50(83(81)124)31-58(66)100)87(69(35-52)140-67-23-20-51(32-59(67)101)84(125)82-94(133)108-80(95(134)135)57-37-54(113)38-63(116)77(57)56-30-49(18-21-61(56)114)55(39-65(79)118)92(131)110-82)144-97-88(86(127)85(126)70(42-112)141-97)142-76-41-99(6,89(128)96(136)143-76)40-75(123)138-43-47-16-14-46(15-17-47)29-62(115)60(12-11-26-104-98(103)137)105-93(132)78(45(4)5)106-72(120)13-9-8-10-27-111-73(121)24-25-74(111)122/h14-25,30-32,34-35,37-38,44-45,48,53,55,60,70,76,78-86,88-89,96-97,112-114,116,124-128,136H,7-13,26-29,33,36,39-43H2,1-6H3,(H2,102,119)(H,105,132)(H,106,120)(H,107,130)(H,108,133)(H,109,129)(H,110,131)(H,134,135)(H3,103,104,137)/t48-,53+,55-,60+,70+,76?,78+,79-,80-,81+,82+,83-,84-,85+,86-,88+,89-,96-,97-,99+/m1/s1. The number of esters is 1. The highest BCUT2D eigenvalue weighted by Crippen LogP contribution is 2.51. The van der Waals surface area contributed by atoms with Gasteiger partial charge in [0, 0.05) is 97.9 Å². The first-order chi connectivity index (χ1) is 68.2. The van der Waals surface area contributed by atoms with Crippen molar-refractivity contribution < 1.29 is 161 Å². The zero-order chi connectivity index (χ0) is 105. The molecule has 45 heteroatoms. The van der Waals surface area contributed by atoms with Crippen LogP contribution in [0.25, 0.3) is 11.1 Å². The third kappa shape index (κ3) is 26.6. The number of nitrogens with two attached hydrogens (primary N) is 2. The Labute approximate surface area is 834 Å². The number of fused-ring (bicyclic) bond motifs is 15. The fourth-order valence-corrected chi connectivity index (χ4v) is 18.5. The molecule has 2 fully saturated rings. The first-order valence-electron chi connectivity index (χ1n) is 46.8. The van der Waals surface area contributed by atoms with Crippen LogP contribution < -0.4 is 62.9 Å². The Morgan fingerprint density at radius 1 is 0.667 bits per heavy atom. The number of ether oxygens (including phenoxy) is 7. The predicted octanol–water partition coefficient (Wildman–Crippen LogP) is 4.54. The maximum absolute atomic E-state index is 16.4. The molecule has 11 amide bonds. The van der Waals surface area contributed by atoms with Gasteiger partial charge in [0.25, 0.3) is 11.8 Å². The molecular formula is C99H116Cl2N10O33. The van der Waals surface area contributed by atoms with E-state index in [1.54, 1.807) is 45.0 Å². The van der Waals surface area contributed by atoms with Gasteiger partial charge in [-0.1, -0.05) is 114 Å². The molecule has 6 aromatic carbocycles. The zero-order valence-corrected chi connectivity index (χ0v) is 80.6. The van der Waals surface area contributed by atoms with Crippen LogP contribution in [0.2, 0.25) is 10.0 Å². The molecule has 6 aromatic rings. The van der Waals surface area contributed by atoms with Gasteiger partial charge < -0.3 is 138 Å². The molecule has 0 saturated carbocycles. The molecule has 144 heavy (non-hydrogen) atoms. The van der Waals surface area contributed by atoms with Crippen LogP contribution in [0.15, 0.2) is 115 Å². The number of amides is 11. The van der Waals surface area contributed by atoms with Crippen molar-refractivity contribution in [3.05, 3.63) is 164 Å². The van der Waals surface area contributed by atoms with Crippen molar-refractivity contribution in [1.82, 2.24) is 42.1 Å². The van der Waals surface area contributed by atoms with Gasteiger partial charge >= 0.3 is 18.0 Å². The lowest BCUT2D eigenvalue weighted by molar-refractivity contribution is -0.361. The second-order valence-electron chi connectivity index (χ2n) is 37.5. The normalized spacial score (nSPS) is 25.0. The number of aliphatic hydroxyl groups is 7. The Kier molecular flexibility index (Phi) is 36.4. The minimum absolute atomic E-state index is 0.0178. The van der Waals surface area contributed by atoms with E-state index in [4.69, 9.17) is 67.8 Å². The number of carboxylic acids is 1. The van der Waals surface area contributed by atoms with Crippen LogP contribution in [0, 0.1) is 29.1 Å². The zero-order valence-electron chi connectivity index (χ0n) is 79.1. The van der Waals surface area contributed by atoms with Gasteiger partial charge in [-0.2, -0.15) is 0 Å². The van der Waals surface area contributed by atoms with E-state index in [2.05, 4.69) is 37.2 Å². The van der Waals surface area contributed by atoms with E-state index in [0.717, 1.165) is 71.6 Å². The van der Waals surface area contributed by atoms with Gasteiger partial charge in [-0.15, -0.1) is 0 Å². The third-order valence-electron chi connectivity index (χ3n) is 25.9. The number of ketones is 3. The molecule has 0 spiro atoms. The molecule has 8 aliphatic rings. The number of benzene rings is 6. The molecule has 11 bridgehead atoms. The molecule has 774 valence electrons. The number of rotatable bonds is 34. The molecule has 0 aliphatic carbocycles. The molecular weight excluding hydrogens is 1930 g/mol. The number of aliphatic hydroxyl groups excluding tert-OH is 7. The first-order valence-corrected chi connectivity index (χ1v) is 47.5. The van der Waals surface area contributed by atoms with Gasteiger partial charge in [0.1, 0.15) is 96.1 Å². The fraction of sp³-hybridized carbons (Fsp3) is 0.465. The Hall–Kier alpha value is -13.3. The molecule has 0 aromatic heterocycles. The topological polar surface area (TPSA) is 683 Å². The molecule has 0 radical (unpaired) electrons. The third-order valence-corrected chi connectivity index (χ3v) is 26.5. The van der Waals surface area contributed by atoms with Crippen molar-refractivity contribution in [2.45, 2.75) is 242 Å². The smallest absolute Gasteiger partial charge is 0.330 e. The number of hydrogen-bond acceptors (Lipinski definition) is 32. The van der Waals surface area contributed by atoms with Crippen LogP contribution in [0.1, 0.15) is 194 Å². The molecule has 2 saturated heterocycles. The number of imide groups is 1. The van der Waals surface area contributed by atoms with E-state index < -0.39 is 339 Å². The van der Waals surface area contributed by atoms with Crippen molar-refractivity contribution in [2.75, 3.05) is 19.7 Å². The Bertz CT molecular complexity index is 5890. The molecule has 43 nitrogen and oxygen atoms in total. The summed E-state index contributed by atoms with van der Waals surface area (Å²) in [5, 5.41) is 146. The maximum Gasteiger partial charge on any atom is 0.330 e. The van der Waals surface area contributed by atoms with Gasteiger partial charge in [0.05, 0.1) is 41.0 Å². The second kappa shape index (κ2) is 47.9. The number of nitrogens with zero attached hydrogens (tertiary/aromatic N) is 1. The molecule has 14 rings (SSSR count). The van der Waals surface area contributed by atoms with Crippen molar-refractivity contribution >= 4 is 112 Å². The van der Waals surface area contributed by atoms with Crippen LogP contribution in [0.4, 0.5) is 4.79 Å². The van der Waals surface area contributed by atoms with Crippen molar-refractivity contribution in [1.29, 1.82) is 0 Å². The van der Waals surface area contributed by atoms with Crippen LogP contribution in [0.5, 0.6) is 46.0 Å². The summed E-state index contributed by atoms with van der Waals surface area (Å²) in [4.78, 5) is 211. The number of carboxylic acid groups (broad SMARTS) is 1. The van der Waals surface area contributed by atoms with Gasteiger partial charge in [0.2, 0.25) is 53.4 Å². The molecule has 8 heterocycles. The van der Waals surface area contributed by atoms with Crippen LogP contribution in [-0.2, 0) is 99.1 Å². The number of urea groups is 1. The number of phenols is 3. The van der Waals surface area contributed by atoms with Crippen molar-refractivity contribution in [2.24, 2.45) is 40.6 Å². The molecule has 20 atom stereocenters. The summed E-state index contributed by atoms with van der Waals surface area (Å²) in [6.45, 7) is 8.86. The van der Waals surface area contributed by atoms with Gasteiger partial charge in [-0.3, -0.25) is 67.2 Å². The summed E-state index contributed by atoms with van der Waals surface area (Å²) in [5.74, 6) is -24.2. The lowest BCUT2D eigenvalue weighted by atomic mass is 9.76. The summed E-state index contributed by atoms with van der Waals surface area (Å²) in [7, 11) is 0. The van der Waals surface area contributed by atoms with Crippen LogP contribution in [-0.4, -0.2) is 243 Å². The summed E-state index contributed by atoms with van der Waals surface area (Å²) >= 11 is 14.4. The van der Waals surface area contributed by atoms with Gasteiger partial charge in [-0.05, 0) is 138 Å². The minimum atomic E-state index is -2.32. The van der Waals surface area contributed by atoms with Crippen molar-refractivity contribution in [3.63, 3.8) is 0 Å². The molecule has 22 N–H and O–H groups in total. The number of carbonyl (C=O) groups is 15.